The smallest absolute Gasteiger partial charge is 0.550 e. The Kier molecular flexibility index (Phi) is 40.9. The zero-order chi connectivity index (χ0) is 25.9. The largest absolute Gasteiger partial charge is 1.00 e. The SMILES string of the molecule is CCCCCCC(O)CCCCCCCCCCC(=O)O.O=C([O-])CCCCCCCC(=O)[O-].[Li+].[Li+]. The van der Waals surface area contributed by atoms with Crippen LogP contribution in [0.4, 0.5) is 0 Å². The Morgan fingerprint density at radius 2 is 0.861 bits per heavy atom. The minimum atomic E-state index is -1.02. The Morgan fingerprint density at radius 3 is 1.19 bits per heavy atom. The monoisotopic (exact) mass is 500 g/mol. The molecule has 0 aromatic heterocycles. The Bertz CT molecular complexity index is 473. The fourth-order valence-corrected chi connectivity index (χ4v) is 3.74. The van der Waals surface area contributed by atoms with Crippen molar-refractivity contribution < 1.29 is 72.5 Å². The van der Waals surface area contributed by atoms with Crippen molar-refractivity contribution in [3.8, 4) is 0 Å². The van der Waals surface area contributed by atoms with E-state index in [9.17, 15) is 29.7 Å². The molecule has 202 valence electrons. The van der Waals surface area contributed by atoms with E-state index in [0.717, 1.165) is 57.8 Å². The van der Waals surface area contributed by atoms with Crippen LogP contribution in [0.2, 0.25) is 0 Å². The first kappa shape index (κ1) is 42.6. The van der Waals surface area contributed by atoms with Crippen molar-refractivity contribution in [2.45, 2.75) is 154 Å². The topological polar surface area (TPSA) is 138 Å². The van der Waals surface area contributed by atoms with Gasteiger partial charge in [-0.3, -0.25) is 4.79 Å². The molecule has 0 aromatic rings. The zero-order valence-corrected chi connectivity index (χ0v) is 23.6. The Labute approximate surface area is 243 Å². The van der Waals surface area contributed by atoms with Crippen LogP contribution in [0, 0.1) is 0 Å². The predicted octanol–water partition coefficient (Wildman–Crippen LogP) is -1.47. The molecule has 0 amide bonds. The summed E-state index contributed by atoms with van der Waals surface area (Å²) in [5.74, 6) is -2.72. The van der Waals surface area contributed by atoms with E-state index in [4.69, 9.17) is 5.11 Å². The molecule has 2 N–H and O–H groups in total. The van der Waals surface area contributed by atoms with Gasteiger partial charge in [-0.15, -0.1) is 0 Å². The summed E-state index contributed by atoms with van der Waals surface area (Å²) in [6.45, 7) is 2.21. The fraction of sp³-hybridized carbons (Fsp3) is 0.889. The van der Waals surface area contributed by atoms with Crippen LogP contribution >= 0.6 is 0 Å². The van der Waals surface area contributed by atoms with Gasteiger partial charge in [-0.1, -0.05) is 96.8 Å². The Morgan fingerprint density at radius 1 is 0.556 bits per heavy atom. The summed E-state index contributed by atoms with van der Waals surface area (Å²) in [4.78, 5) is 30.3. The third-order valence-corrected chi connectivity index (χ3v) is 5.83. The second-order valence-electron chi connectivity index (χ2n) is 9.28. The van der Waals surface area contributed by atoms with E-state index in [2.05, 4.69) is 6.92 Å². The van der Waals surface area contributed by atoms with Crippen molar-refractivity contribution in [1.29, 1.82) is 0 Å². The maximum atomic E-state index is 10.3. The van der Waals surface area contributed by atoms with Gasteiger partial charge in [0.1, 0.15) is 0 Å². The first-order valence-electron chi connectivity index (χ1n) is 13.6. The van der Waals surface area contributed by atoms with Crippen LogP contribution in [0.1, 0.15) is 148 Å². The summed E-state index contributed by atoms with van der Waals surface area (Å²) in [5.41, 5.74) is 0. The number of carboxylic acids is 3. The first-order chi connectivity index (χ1) is 16.3. The average Bonchev–Trinajstić information content (AvgIpc) is 2.77. The first-order valence-corrected chi connectivity index (χ1v) is 13.6. The van der Waals surface area contributed by atoms with Gasteiger partial charge in [0.15, 0.2) is 0 Å². The van der Waals surface area contributed by atoms with Crippen LogP contribution in [0.25, 0.3) is 0 Å². The minimum absolute atomic E-state index is 0. The zero-order valence-electron chi connectivity index (χ0n) is 23.6. The number of aliphatic hydroxyl groups excluding tert-OH is 1. The van der Waals surface area contributed by atoms with E-state index in [-0.39, 0.29) is 56.7 Å². The number of aliphatic carboxylic acids is 3. The number of carbonyl (C=O) groups excluding carboxylic acids is 2. The second kappa shape index (κ2) is 34.6. The molecule has 0 saturated heterocycles. The molecule has 0 radical (unpaired) electrons. The molecule has 7 nitrogen and oxygen atoms in total. The van der Waals surface area contributed by atoms with E-state index in [1.807, 2.05) is 0 Å². The van der Waals surface area contributed by atoms with Crippen LogP contribution in [0.15, 0.2) is 0 Å². The summed E-state index contributed by atoms with van der Waals surface area (Å²) in [7, 11) is 0. The van der Waals surface area contributed by atoms with E-state index in [1.54, 1.807) is 0 Å². The molecule has 1 atom stereocenters. The van der Waals surface area contributed by atoms with Gasteiger partial charge >= 0.3 is 43.7 Å². The number of aliphatic hydroxyl groups is 1. The Hall–Kier alpha value is -0.435. The summed E-state index contributed by atoms with van der Waals surface area (Å²) in [5, 5.41) is 38.3. The summed E-state index contributed by atoms with van der Waals surface area (Å²) in [6.07, 6.45) is 20.2. The molecule has 1 unspecified atom stereocenters. The van der Waals surface area contributed by atoms with Gasteiger partial charge in [0.05, 0.1) is 6.10 Å². The number of rotatable bonds is 24. The molecule has 0 aliphatic carbocycles. The molecule has 0 rings (SSSR count). The average molecular weight is 501 g/mol. The summed E-state index contributed by atoms with van der Waals surface area (Å²) in [6, 6.07) is 0. The molecule has 0 heterocycles. The minimum Gasteiger partial charge on any atom is -0.550 e. The van der Waals surface area contributed by atoms with Gasteiger partial charge in [-0.25, -0.2) is 0 Å². The van der Waals surface area contributed by atoms with E-state index >= 15 is 0 Å². The van der Waals surface area contributed by atoms with Gasteiger partial charge in [0.2, 0.25) is 0 Å². The van der Waals surface area contributed by atoms with Gasteiger partial charge < -0.3 is 30.0 Å². The third-order valence-electron chi connectivity index (χ3n) is 5.83. The van der Waals surface area contributed by atoms with Gasteiger partial charge in [0.25, 0.3) is 0 Å². The number of carbonyl (C=O) groups is 3. The number of hydrogen-bond acceptors (Lipinski definition) is 6. The summed E-state index contributed by atoms with van der Waals surface area (Å²) < 4.78 is 0. The number of hydrogen-bond donors (Lipinski definition) is 2. The van der Waals surface area contributed by atoms with Crippen LogP contribution in [0.5, 0.6) is 0 Å². The van der Waals surface area contributed by atoms with Gasteiger partial charge in [-0.2, -0.15) is 0 Å². The quantitative estimate of drug-likeness (QED) is 0.122. The van der Waals surface area contributed by atoms with Crippen molar-refractivity contribution in [2.75, 3.05) is 0 Å². The second-order valence-corrected chi connectivity index (χ2v) is 9.28. The van der Waals surface area contributed by atoms with E-state index in [0.29, 0.717) is 19.3 Å². The van der Waals surface area contributed by atoms with Crippen molar-refractivity contribution in [2.24, 2.45) is 0 Å². The van der Waals surface area contributed by atoms with Crippen molar-refractivity contribution >= 4 is 17.9 Å². The molecular formula is C27H50Li2O7. The van der Waals surface area contributed by atoms with Crippen molar-refractivity contribution in [3.63, 3.8) is 0 Å². The molecular weight excluding hydrogens is 450 g/mol. The normalized spacial score (nSPS) is 10.8. The molecule has 0 fully saturated rings. The third kappa shape index (κ3) is 43.6. The standard InChI is InChI=1S/C18H36O3.C9H16O4.2Li/c1-2-3-4-11-14-17(19)15-12-9-7-5-6-8-10-13-16-18(20)21;10-8(11)6-4-2-1-3-5-7-9(12)13;;/h17,19H,2-16H2,1H3,(H,20,21);1-7H2,(H,10,11)(H,12,13);;/q;;2*+1/p-2. The van der Waals surface area contributed by atoms with Crippen molar-refractivity contribution in [1.82, 2.24) is 0 Å². The van der Waals surface area contributed by atoms with Crippen LogP contribution in [-0.4, -0.2) is 34.2 Å². The Balaban J connectivity index is -0.000000297. The van der Waals surface area contributed by atoms with Gasteiger partial charge in [0, 0.05) is 18.4 Å². The van der Waals surface area contributed by atoms with E-state index < -0.39 is 17.9 Å². The molecule has 36 heavy (non-hydrogen) atoms. The molecule has 0 saturated carbocycles. The van der Waals surface area contributed by atoms with Crippen LogP contribution in [0.3, 0.4) is 0 Å². The van der Waals surface area contributed by atoms with Crippen LogP contribution in [-0.2, 0) is 14.4 Å². The maximum absolute atomic E-state index is 10.3. The molecule has 0 bridgehead atoms. The van der Waals surface area contributed by atoms with Crippen molar-refractivity contribution in [3.05, 3.63) is 0 Å². The molecule has 0 aliphatic rings. The molecule has 0 aromatic carbocycles. The van der Waals surface area contributed by atoms with Crippen LogP contribution < -0.4 is 47.9 Å². The summed E-state index contributed by atoms with van der Waals surface area (Å²) >= 11 is 0. The number of unbranched alkanes of at least 4 members (excludes halogenated alkanes) is 14. The van der Waals surface area contributed by atoms with Gasteiger partial charge in [-0.05, 0) is 44.9 Å². The van der Waals surface area contributed by atoms with E-state index in [1.165, 1.54) is 51.4 Å². The molecule has 0 spiro atoms. The predicted molar refractivity (Wildman–Crippen MR) is 131 cm³/mol. The fourth-order valence-electron chi connectivity index (χ4n) is 3.74. The molecule has 0 aliphatic heterocycles. The maximum Gasteiger partial charge on any atom is 1.00 e. The number of carboxylic acid groups (broad SMARTS) is 3. The molecule has 9 heteroatoms.